The standard InChI is InChI=1S/C25H42N2O3Si/c1-24(2,3)30-23(28)26-14-19-20-16-27(15-18-12-10-9-11-13-18)21(22(19)20)17-29-31(7,8)25(4,5)6/h9-13,19-22H,14-17H2,1-8H3,(H,26,28)/t19?,20?,21-,22?/m1/s1. The van der Waals surface area contributed by atoms with Crippen molar-refractivity contribution in [3.05, 3.63) is 35.9 Å². The Morgan fingerprint density at radius 3 is 2.35 bits per heavy atom. The molecule has 1 saturated heterocycles. The second kappa shape index (κ2) is 8.87. The minimum atomic E-state index is -1.81. The zero-order valence-electron chi connectivity index (χ0n) is 20.7. The summed E-state index contributed by atoms with van der Waals surface area (Å²) in [7, 11) is -1.81. The topological polar surface area (TPSA) is 50.8 Å². The van der Waals surface area contributed by atoms with Crippen molar-refractivity contribution in [3.8, 4) is 0 Å². The highest BCUT2D eigenvalue weighted by atomic mass is 28.4. The number of rotatable bonds is 7. The van der Waals surface area contributed by atoms with Crippen molar-refractivity contribution in [2.24, 2.45) is 17.8 Å². The first-order valence-corrected chi connectivity index (χ1v) is 14.6. The van der Waals surface area contributed by atoms with Crippen molar-refractivity contribution in [1.29, 1.82) is 0 Å². The smallest absolute Gasteiger partial charge is 0.407 e. The molecule has 0 bridgehead atoms. The molecule has 1 aromatic rings. The SMILES string of the molecule is CC(C)(C)OC(=O)NCC1C2CN(Cc3ccccc3)[C@H](CO[Si](C)(C)C(C)(C)C)C12. The molecule has 2 aliphatic rings. The Balaban J connectivity index is 1.62. The molecule has 174 valence electrons. The summed E-state index contributed by atoms with van der Waals surface area (Å²) in [6, 6.07) is 11.1. The molecule has 1 saturated carbocycles. The molecule has 1 amide bonds. The van der Waals surface area contributed by atoms with Gasteiger partial charge in [-0.1, -0.05) is 51.1 Å². The number of hydrogen-bond acceptors (Lipinski definition) is 4. The van der Waals surface area contributed by atoms with E-state index in [2.05, 4.69) is 74.4 Å². The van der Waals surface area contributed by atoms with Gasteiger partial charge < -0.3 is 14.5 Å². The first kappa shape index (κ1) is 24.3. The monoisotopic (exact) mass is 446 g/mol. The van der Waals surface area contributed by atoms with Gasteiger partial charge in [-0.3, -0.25) is 4.90 Å². The normalized spacial score (nSPS) is 26.5. The van der Waals surface area contributed by atoms with Crippen molar-refractivity contribution in [2.45, 2.75) is 77.9 Å². The zero-order valence-corrected chi connectivity index (χ0v) is 21.7. The van der Waals surface area contributed by atoms with Crippen molar-refractivity contribution < 1.29 is 14.0 Å². The summed E-state index contributed by atoms with van der Waals surface area (Å²) in [5.41, 5.74) is 0.889. The number of benzene rings is 1. The Bertz CT molecular complexity index is 754. The molecule has 0 radical (unpaired) electrons. The molecule has 31 heavy (non-hydrogen) atoms. The van der Waals surface area contributed by atoms with Gasteiger partial charge in [-0.25, -0.2) is 4.79 Å². The Hall–Kier alpha value is -1.37. The average Bonchev–Trinajstić information content (AvgIpc) is 3.18. The number of amides is 1. The third-order valence-electron chi connectivity index (χ3n) is 7.29. The lowest BCUT2D eigenvalue weighted by atomic mass is 10.1. The Morgan fingerprint density at radius 1 is 1.13 bits per heavy atom. The molecule has 1 aliphatic carbocycles. The Kier molecular flexibility index (Phi) is 6.95. The van der Waals surface area contributed by atoms with Crippen LogP contribution in [-0.4, -0.2) is 50.6 Å². The van der Waals surface area contributed by atoms with Crippen LogP contribution in [0.1, 0.15) is 47.1 Å². The number of hydrogen-bond donors (Lipinski definition) is 1. The van der Waals surface area contributed by atoms with E-state index in [0.29, 0.717) is 30.3 Å². The predicted octanol–water partition coefficient (Wildman–Crippen LogP) is 5.28. The number of piperidine rings is 1. The lowest BCUT2D eigenvalue weighted by molar-refractivity contribution is 0.0519. The van der Waals surface area contributed by atoms with Gasteiger partial charge in [-0.05, 0) is 62.2 Å². The van der Waals surface area contributed by atoms with Gasteiger partial charge in [0.1, 0.15) is 5.60 Å². The van der Waals surface area contributed by atoms with E-state index < -0.39 is 13.9 Å². The molecule has 0 spiro atoms. The maximum absolute atomic E-state index is 12.1. The molecule has 5 nitrogen and oxygen atoms in total. The molecule has 3 rings (SSSR count). The van der Waals surface area contributed by atoms with Gasteiger partial charge >= 0.3 is 6.09 Å². The van der Waals surface area contributed by atoms with E-state index in [9.17, 15) is 4.79 Å². The fourth-order valence-electron chi connectivity index (χ4n) is 4.48. The van der Waals surface area contributed by atoms with Crippen LogP contribution in [0, 0.1) is 17.8 Å². The molecule has 0 aromatic heterocycles. The molecule has 1 aliphatic heterocycles. The third-order valence-corrected chi connectivity index (χ3v) is 11.8. The maximum atomic E-state index is 12.1. The second-order valence-corrected chi connectivity index (χ2v) is 16.7. The molecular formula is C25H42N2O3Si. The van der Waals surface area contributed by atoms with Crippen LogP contribution >= 0.6 is 0 Å². The second-order valence-electron chi connectivity index (χ2n) is 11.8. The van der Waals surface area contributed by atoms with E-state index >= 15 is 0 Å². The number of carbonyl (C=O) groups excluding carboxylic acids is 1. The van der Waals surface area contributed by atoms with Gasteiger partial charge in [0.2, 0.25) is 0 Å². The molecule has 2 fully saturated rings. The average molecular weight is 447 g/mol. The first-order chi connectivity index (χ1) is 14.3. The quantitative estimate of drug-likeness (QED) is 0.579. The molecular weight excluding hydrogens is 404 g/mol. The highest BCUT2D eigenvalue weighted by Crippen LogP contribution is 2.55. The number of nitrogens with zero attached hydrogens (tertiary/aromatic N) is 1. The molecule has 1 aromatic carbocycles. The van der Waals surface area contributed by atoms with Crippen LogP contribution in [0.3, 0.4) is 0 Å². The van der Waals surface area contributed by atoms with Crippen LogP contribution < -0.4 is 5.32 Å². The van der Waals surface area contributed by atoms with E-state index in [1.807, 2.05) is 20.8 Å². The number of nitrogens with one attached hydrogen (secondary N) is 1. The minimum Gasteiger partial charge on any atom is -0.444 e. The van der Waals surface area contributed by atoms with Crippen LogP contribution in [0.5, 0.6) is 0 Å². The highest BCUT2D eigenvalue weighted by molar-refractivity contribution is 6.74. The van der Waals surface area contributed by atoms with Crippen LogP contribution in [-0.2, 0) is 15.7 Å². The summed E-state index contributed by atoms with van der Waals surface area (Å²) in [6.07, 6.45) is -0.312. The lowest BCUT2D eigenvalue weighted by Gasteiger charge is -2.39. The fourth-order valence-corrected chi connectivity index (χ4v) is 5.50. The van der Waals surface area contributed by atoms with Crippen LogP contribution in [0.15, 0.2) is 30.3 Å². The van der Waals surface area contributed by atoms with Crippen molar-refractivity contribution >= 4 is 14.4 Å². The van der Waals surface area contributed by atoms with Gasteiger partial charge in [0.25, 0.3) is 0 Å². The van der Waals surface area contributed by atoms with E-state index in [1.54, 1.807) is 0 Å². The van der Waals surface area contributed by atoms with Crippen molar-refractivity contribution in [1.82, 2.24) is 10.2 Å². The van der Waals surface area contributed by atoms with Crippen LogP contribution in [0.25, 0.3) is 0 Å². The first-order valence-electron chi connectivity index (χ1n) is 11.7. The van der Waals surface area contributed by atoms with E-state index in [4.69, 9.17) is 9.16 Å². The van der Waals surface area contributed by atoms with E-state index in [0.717, 1.165) is 19.7 Å². The Labute approximate surface area is 190 Å². The largest absolute Gasteiger partial charge is 0.444 e. The summed E-state index contributed by atoms with van der Waals surface area (Å²) in [5, 5.41) is 3.20. The molecule has 6 heteroatoms. The Morgan fingerprint density at radius 2 is 1.77 bits per heavy atom. The van der Waals surface area contributed by atoms with Gasteiger partial charge in [-0.15, -0.1) is 0 Å². The molecule has 4 atom stereocenters. The van der Waals surface area contributed by atoms with Crippen LogP contribution in [0.2, 0.25) is 18.1 Å². The number of likely N-dealkylation sites (tertiary alicyclic amines) is 1. The zero-order chi connectivity index (χ0) is 23.0. The van der Waals surface area contributed by atoms with Crippen molar-refractivity contribution in [3.63, 3.8) is 0 Å². The summed E-state index contributed by atoms with van der Waals surface area (Å²) in [5.74, 6) is 1.74. The minimum absolute atomic E-state index is 0.205. The van der Waals surface area contributed by atoms with Gasteiger partial charge in [-0.2, -0.15) is 0 Å². The van der Waals surface area contributed by atoms with Gasteiger partial charge in [0.15, 0.2) is 8.32 Å². The van der Waals surface area contributed by atoms with E-state index in [1.165, 1.54) is 5.56 Å². The highest BCUT2D eigenvalue weighted by Gasteiger charge is 2.61. The van der Waals surface area contributed by atoms with Gasteiger partial charge in [0, 0.05) is 32.3 Å². The number of ether oxygens (including phenoxy) is 1. The molecule has 3 unspecified atom stereocenters. The summed E-state index contributed by atoms with van der Waals surface area (Å²) in [6.45, 7) is 20.8. The predicted molar refractivity (Wildman–Crippen MR) is 128 cm³/mol. The summed E-state index contributed by atoms with van der Waals surface area (Å²) in [4.78, 5) is 14.7. The third kappa shape index (κ3) is 6.11. The summed E-state index contributed by atoms with van der Waals surface area (Å²) < 4.78 is 12.1. The number of alkyl carbamates (subject to hydrolysis) is 1. The number of carbonyl (C=O) groups is 1. The molecule has 1 N–H and O–H groups in total. The summed E-state index contributed by atoms with van der Waals surface area (Å²) >= 11 is 0. The fraction of sp³-hybridized carbons (Fsp3) is 0.720. The van der Waals surface area contributed by atoms with Crippen molar-refractivity contribution in [2.75, 3.05) is 19.7 Å². The number of fused-ring (bicyclic) bond motifs is 1. The maximum Gasteiger partial charge on any atom is 0.407 e. The lowest BCUT2D eigenvalue weighted by Crippen LogP contribution is -2.46. The van der Waals surface area contributed by atoms with E-state index in [-0.39, 0.29) is 11.1 Å². The van der Waals surface area contributed by atoms with Crippen LogP contribution in [0.4, 0.5) is 4.79 Å². The van der Waals surface area contributed by atoms with Gasteiger partial charge in [0.05, 0.1) is 0 Å². The molecule has 1 heterocycles.